The number of carbonyl (C=O) groups excluding carboxylic acids is 1. The lowest BCUT2D eigenvalue weighted by Crippen LogP contribution is -2.41. The molecule has 1 aromatic carbocycles. The first-order valence-corrected chi connectivity index (χ1v) is 6.44. The van der Waals surface area contributed by atoms with Gasteiger partial charge < -0.3 is 14.8 Å². The standard InChI is InChI=1S/C16H15NO4/c18-15(9-8-13-7-4-10-21-13)17-14(16(19)20)11-12-5-2-1-3-6-12/h1-10,14H,11H2,(H,17,18)(H,19,20)/b9-8-/t14-/m1/s1. The number of carboxylic acid groups (broad SMARTS) is 1. The van der Waals surface area contributed by atoms with E-state index in [1.807, 2.05) is 30.3 Å². The maximum Gasteiger partial charge on any atom is 0.326 e. The van der Waals surface area contributed by atoms with Gasteiger partial charge in [0.1, 0.15) is 11.8 Å². The van der Waals surface area contributed by atoms with Gasteiger partial charge in [0, 0.05) is 12.5 Å². The van der Waals surface area contributed by atoms with E-state index in [0.717, 1.165) is 5.56 Å². The number of hydrogen-bond donors (Lipinski definition) is 2. The van der Waals surface area contributed by atoms with Crippen LogP contribution in [0.4, 0.5) is 0 Å². The first-order valence-electron chi connectivity index (χ1n) is 6.44. The molecule has 0 aliphatic heterocycles. The summed E-state index contributed by atoms with van der Waals surface area (Å²) >= 11 is 0. The van der Waals surface area contributed by atoms with Crippen LogP contribution in [0.25, 0.3) is 6.08 Å². The number of hydrogen-bond acceptors (Lipinski definition) is 3. The van der Waals surface area contributed by atoms with Gasteiger partial charge in [-0.3, -0.25) is 4.79 Å². The van der Waals surface area contributed by atoms with Gasteiger partial charge in [0.25, 0.3) is 0 Å². The Morgan fingerprint density at radius 3 is 2.57 bits per heavy atom. The molecule has 0 bridgehead atoms. The van der Waals surface area contributed by atoms with Crippen LogP contribution in [0.3, 0.4) is 0 Å². The summed E-state index contributed by atoms with van der Waals surface area (Å²) in [4.78, 5) is 23.0. The highest BCUT2D eigenvalue weighted by Gasteiger charge is 2.19. The Kier molecular flexibility index (Phi) is 4.93. The maximum absolute atomic E-state index is 11.7. The summed E-state index contributed by atoms with van der Waals surface area (Å²) in [7, 11) is 0. The van der Waals surface area contributed by atoms with E-state index in [0.29, 0.717) is 5.76 Å². The van der Waals surface area contributed by atoms with Gasteiger partial charge in [0.2, 0.25) is 5.91 Å². The molecule has 5 nitrogen and oxygen atoms in total. The molecule has 1 amide bonds. The maximum atomic E-state index is 11.7. The summed E-state index contributed by atoms with van der Waals surface area (Å²) in [6.07, 6.45) is 4.46. The molecule has 108 valence electrons. The SMILES string of the molecule is O=C(/C=C\c1ccco1)N[C@H](Cc1ccccc1)C(=O)O. The van der Waals surface area contributed by atoms with E-state index in [-0.39, 0.29) is 6.42 Å². The Morgan fingerprint density at radius 1 is 1.19 bits per heavy atom. The fraction of sp³-hybridized carbons (Fsp3) is 0.125. The number of carboxylic acids is 1. The van der Waals surface area contributed by atoms with Crippen molar-refractivity contribution in [2.75, 3.05) is 0 Å². The van der Waals surface area contributed by atoms with Crippen molar-refractivity contribution in [1.82, 2.24) is 5.32 Å². The molecule has 0 unspecified atom stereocenters. The number of carbonyl (C=O) groups is 2. The van der Waals surface area contributed by atoms with Crippen molar-refractivity contribution < 1.29 is 19.1 Å². The highest BCUT2D eigenvalue weighted by Crippen LogP contribution is 2.05. The van der Waals surface area contributed by atoms with E-state index in [4.69, 9.17) is 4.42 Å². The van der Waals surface area contributed by atoms with Crippen LogP contribution in [0.2, 0.25) is 0 Å². The van der Waals surface area contributed by atoms with E-state index >= 15 is 0 Å². The Bertz CT molecular complexity index is 617. The second-order valence-corrected chi connectivity index (χ2v) is 4.44. The quantitative estimate of drug-likeness (QED) is 0.797. The minimum Gasteiger partial charge on any atom is -0.480 e. The van der Waals surface area contributed by atoms with Gasteiger partial charge in [0.05, 0.1) is 6.26 Å². The van der Waals surface area contributed by atoms with Gasteiger partial charge in [-0.05, 0) is 23.8 Å². The lowest BCUT2D eigenvalue weighted by molar-refractivity contribution is -0.141. The van der Waals surface area contributed by atoms with Crippen LogP contribution in [0, 0.1) is 0 Å². The molecule has 0 aliphatic rings. The van der Waals surface area contributed by atoms with E-state index in [9.17, 15) is 14.7 Å². The number of rotatable bonds is 6. The first kappa shape index (κ1) is 14.6. The molecule has 1 atom stereocenters. The molecule has 0 aliphatic carbocycles. The summed E-state index contributed by atoms with van der Waals surface area (Å²) in [5, 5.41) is 11.6. The molecule has 0 radical (unpaired) electrons. The van der Waals surface area contributed by atoms with Crippen molar-refractivity contribution in [2.45, 2.75) is 12.5 Å². The Labute approximate surface area is 121 Å². The minimum atomic E-state index is -1.07. The number of furan rings is 1. The van der Waals surface area contributed by atoms with E-state index < -0.39 is 17.9 Å². The molecule has 2 rings (SSSR count). The third-order valence-electron chi connectivity index (χ3n) is 2.84. The third-order valence-corrected chi connectivity index (χ3v) is 2.84. The zero-order chi connectivity index (χ0) is 15.1. The molecule has 1 heterocycles. The normalized spacial score (nSPS) is 12.2. The van der Waals surface area contributed by atoms with Crippen molar-refractivity contribution in [1.29, 1.82) is 0 Å². The van der Waals surface area contributed by atoms with Crippen molar-refractivity contribution in [3.63, 3.8) is 0 Å². The van der Waals surface area contributed by atoms with Crippen LogP contribution in [-0.2, 0) is 16.0 Å². The number of amides is 1. The molecule has 2 N–H and O–H groups in total. The summed E-state index contributed by atoms with van der Waals surface area (Å²) in [6, 6.07) is 11.6. The predicted octanol–water partition coefficient (Wildman–Crippen LogP) is 2.10. The Hall–Kier alpha value is -2.82. The van der Waals surface area contributed by atoms with Gasteiger partial charge >= 0.3 is 5.97 Å². The first-order chi connectivity index (χ1) is 10.1. The van der Waals surface area contributed by atoms with Crippen molar-refractivity contribution in [3.05, 3.63) is 66.1 Å². The highest BCUT2D eigenvalue weighted by atomic mass is 16.4. The van der Waals surface area contributed by atoms with Crippen molar-refractivity contribution in [3.8, 4) is 0 Å². The molecule has 1 aromatic heterocycles. The fourth-order valence-corrected chi connectivity index (χ4v) is 1.81. The van der Waals surface area contributed by atoms with E-state index in [2.05, 4.69) is 5.32 Å². The summed E-state index contributed by atoms with van der Waals surface area (Å²) < 4.78 is 5.05. The highest BCUT2D eigenvalue weighted by molar-refractivity contribution is 5.94. The third kappa shape index (κ3) is 4.65. The van der Waals surface area contributed by atoms with Crippen LogP contribution >= 0.6 is 0 Å². The summed E-state index contributed by atoms with van der Waals surface area (Å²) in [6.45, 7) is 0. The average molecular weight is 285 g/mol. The molecule has 5 heteroatoms. The smallest absolute Gasteiger partial charge is 0.326 e. The Balaban J connectivity index is 1.96. The Morgan fingerprint density at radius 2 is 1.95 bits per heavy atom. The van der Waals surface area contributed by atoms with Gasteiger partial charge in [-0.25, -0.2) is 4.79 Å². The molecule has 0 spiro atoms. The van der Waals surface area contributed by atoms with Crippen molar-refractivity contribution >= 4 is 18.0 Å². The number of benzene rings is 1. The second kappa shape index (κ2) is 7.09. The molecule has 0 saturated carbocycles. The number of nitrogens with one attached hydrogen (secondary N) is 1. The van der Waals surface area contributed by atoms with Gasteiger partial charge in [0.15, 0.2) is 0 Å². The summed E-state index contributed by atoms with van der Waals surface area (Å²) in [5.41, 5.74) is 0.847. The zero-order valence-corrected chi connectivity index (χ0v) is 11.2. The number of aliphatic carboxylic acids is 1. The minimum absolute atomic E-state index is 0.233. The van der Waals surface area contributed by atoms with Gasteiger partial charge in [-0.1, -0.05) is 30.3 Å². The van der Waals surface area contributed by atoms with Crippen molar-refractivity contribution in [2.24, 2.45) is 0 Å². The molecular formula is C16H15NO4. The lowest BCUT2D eigenvalue weighted by Gasteiger charge is -2.13. The lowest BCUT2D eigenvalue weighted by atomic mass is 10.1. The van der Waals surface area contributed by atoms with E-state index in [1.54, 1.807) is 12.1 Å². The predicted molar refractivity (Wildman–Crippen MR) is 77.5 cm³/mol. The van der Waals surface area contributed by atoms with Crippen LogP contribution < -0.4 is 5.32 Å². The molecule has 0 saturated heterocycles. The largest absolute Gasteiger partial charge is 0.480 e. The van der Waals surface area contributed by atoms with Gasteiger partial charge in [-0.2, -0.15) is 0 Å². The molecule has 0 fully saturated rings. The van der Waals surface area contributed by atoms with Crippen LogP contribution in [-0.4, -0.2) is 23.0 Å². The van der Waals surface area contributed by atoms with E-state index in [1.165, 1.54) is 18.4 Å². The average Bonchev–Trinajstić information content (AvgIpc) is 2.99. The second-order valence-electron chi connectivity index (χ2n) is 4.44. The molecular weight excluding hydrogens is 270 g/mol. The topological polar surface area (TPSA) is 79.5 Å². The summed E-state index contributed by atoms with van der Waals surface area (Å²) in [5.74, 6) is -1.02. The fourth-order valence-electron chi connectivity index (χ4n) is 1.81. The van der Waals surface area contributed by atoms with Crippen LogP contribution in [0.15, 0.2) is 59.2 Å². The van der Waals surface area contributed by atoms with Crippen LogP contribution in [0.5, 0.6) is 0 Å². The van der Waals surface area contributed by atoms with Gasteiger partial charge in [-0.15, -0.1) is 0 Å². The molecule has 21 heavy (non-hydrogen) atoms. The zero-order valence-electron chi connectivity index (χ0n) is 11.2. The molecule has 2 aromatic rings. The monoisotopic (exact) mass is 285 g/mol. The van der Waals surface area contributed by atoms with Crippen LogP contribution in [0.1, 0.15) is 11.3 Å².